The standard InChI is InChI=1S/C18H37/c1-13(2)10-14(3)15(4)11-16(5)17(6)12-18(7,8)9/h13-17H,5,10-12H2,1-4,6-9H3. The molecule has 109 valence electrons. The highest BCUT2D eigenvalue weighted by Crippen LogP contribution is 2.33. The molecule has 0 heterocycles. The smallest absolute Gasteiger partial charge is 0.0380 e. The fraction of sp³-hybridized carbons (Fsp3) is 0.944. The van der Waals surface area contributed by atoms with Gasteiger partial charge >= 0.3 is 0 Å². The normalized spacial score (nSPS) is 19.7. The molecule has 4 unspecified atom stereocenters. The van der Waals surface area contributed by atoms with Crippen molar-refractivity contribution >= 4 is 0 Å². The van der Waals surface area contributed by atoms with E-state index in [2.05, 4.69) is 62.3 Å². The largest absolute Gasteiger partial charge is 0.0628 e. The van der Waals surface area contributed by atoms with E-state index in [0.29, 0.717) is 11.3 Å². The molecule has 0 saturated carbocycles. The van der Waals surface area contributed by atoms with E-state index in [-0.39, 0.29) is 0 Å². The summed E-state index contributed by atoms with van der Waals surface area (Å²) in [6.45, 7) is 23.3. The van der Waals surface area contributed by atoms with E-state index < -0.39 is 0 Å². The second-order valence-corrected chi connectivity index (χ2v) is 8.32. The zero-order chi connectivity index (χ0) is 14.5. The van der Waals surface area contributed by atoms with Crippen molar-refractivity contribution in [1.82, 2.24) is 0 Å². The Morgan fingerprint density at radius 1 is 0.778 bits per heavy atom. The van der Waals surface area contributed by atoms with Crippen LogP contribution in [0, 0.1) is 41.9 Å². The molecule has 0 aliphatic carbocycles. The minimum atomic E-state index is 0.433. The highest BCUT2D eigenvalue weighted by atomic mass is 14.3. The van der Waals surface area contributed by atoms with Gasteiger partial charge in [-0.05, 0) is 61.2 Å². The molecule has 0 aromatic carbocycles. The molecule has 0 saturated heterocycles. The van der Waals surface area contributed by atoms with Gasteiger partial charge in [-0.15, -0.1) is 0 Å². The summed E-state index contributed by atoms with van der Waals surface area (Å²) < 4.78 is 0. The molecule has 1 radical (unpaired) electrons. The molecule has 0 aromatic rings. The van der Waals surface area contributed by atoms with Crippen molar-refractivity contribution in [2.24, 2.45) is 35.0 Å². The molecule has 0 N–H and O–H groups in total. The first-order valence-electron chi connectivity index (χ1n) is 7.86. The maximum atomic E-state index is 4.42. The summed E-state index contributed by atoms with van der Waals surface area (Å²) in [5.41, 5.74) is 0.433. The van der Waals surface area contributed by atoms with Gasteiger partial charge < -0.3 is 0 Å². The number of rotatable bonds is 7. The number of hydrogen-bond acceptors (Lipinski definition) is 0. The van der Waals surface area contributed by atoms with E-state index in [1.807, 2.05) is 0 Å². The lowest BCUT2D eigenvalue weighted by Crippen LogP contribution is -2.21. The van der Waals surface area contributed by atoms with Gasteiger partial charge in [-0.2, -0.15) is 0 Å². The Kier molecular flexibility index (Phi) is 7.56. The molecule has 0 nitrogen and oxygen atoms in total. The van der Waals surface area contributed by atoms with E-state index in [9.17, 15) is 0 Å². The molecule has 0 heteroatoms. The number of hydrogen-bond donors (Lipinski definition) is 0. The van der Waals surface area contributed by atoms with Crippen LogP contribution in [0.15, 0.2) is 0 Å². The fourth-order valence-corrected chi connectivity index (χ4v) is 3.05. The van der Waals surface area contributed by atoms with Crippen LogP contribution in [-0.2, 0) is 0 Å². The van der Waals surface area contributed by atoms with Gasteiger partial charge in [0.1, 0.15) is 0 Å². The van der Waals surface area contributed by atoms with Crippen LogP contribution in [0.3, 0.4) is 0 Å². The van der Waals surface area contributed by atoms with Crippen molar-refractivity contribution in [3.8, 4) is 0 Å². The van der Waals surface area contributed by atoms with Crippen LogP contribution in [0.2, 0.25) is 0 Å². The van der Waals surface area contributed by atoms with Crippen LogP contribution >= 0.6 is 0 Å². The Balaban J connectivity index is 4.17. The summed E-state index contributed by atoms with van der Waals surface area (Å²) in [6, 6.07) is 0. The van der Waals surface area contributed by atoms with Gasteiger partial charge in [0, 0.05) is 0 Å². The van der Waals surface area contributed by atoms with Crippen LogP contribution in [0.4, 0.5) is 0 Å². The molecule has 0 spiro atoms. The van der Waals surface area contributed by atoms with Gasteiger partial charge in [0.2, 0.25) is 0 Å². The summed E-state index contributed by atoms with van der Waals surface area (Å²) in [5, 5.41) is 0. The van der Waals surface area contributed by atoms with Crippen molar-refractivity contribution in [2.45, 2.75) is 74.7 Å². The predicted molar refractivity (Wildman–Crippen MR) is 84.5 cm³/mol. The van der Waals surface area contributed by atoms with Crippen LogP contribution in [0.1, 0.15) is 74.7 Å². The molecule has 0 amide bonds. The molecule has 4 atom stereocenters. The quantitative estimate of drug-likeness (QED) is 0.505. The second-order valence-electron chi connectivity index (χ2n) is 8.32. The zero-order valence-electron chi connectivity index (χ0n) is 14.2. The van der Waals surface area contributed by atoms with Gasteiger partial charge in [-0.1, -0.05) is 55.4 Å². The summed E-state index contributed by atoms with van der Waals surface area (Å²) >= 11 is 0. The second kappa shape index (κ2) is 7.56. The highest BCUT2D eigenvalue weighted by molar-refractivity contribution is 4.77. The van der Waals surface area contributed by atoms with E-state index in [4.69, 9.17) is 0 Å². The minimum Gasteiger partial charge on any atom is -0.0628 e. The Morgan fingerprint density at radius 3 is 1.61 bits per heavy atom. The SMILES string of the molecule is [CH2]C(CC(C)C(C)CC(C)C)C(C)CC(C)(C)C. The van der Waals surface area contributed by atoms with Gasteiger partial charge in [0.25, 0.3) is 0 Å². The van der Waals surface area contributed by atoms with Crippen molar-refractivity contribution in [1.29, 1.82) is 0 Å². The molecule has 0 aliphatic heterocycles. The maximum absolute atomic E-state index is 4.42. The zero-order valence-corrected chi connectivity index (χ0v) is 14.2. The Bertz CT molecular complexity index is 209. The lowest BCUT2D eigenvalue weighted by Gasteiger charge is -2.31. The van der Waals surface area contributed by atoms with Crippen molar-refractivity contribution in [3.05, 3.63) is 6.92 Å². The fourth-order valence-electron chi connectivity index (χ4n) is 3.05. The Hall–Kier alpha value is 0. The third kappa shape index (κ3) is 8.16. The van der Waals surface area contributed by atoms with E-state index in [1.165, 1.54) is 19.3 Å². The third-order valence-corrected chi connectivity index (χ3v) is 4.23. The van der Waals surface area contributed by atoms with E-state index in [0.717, 1.165) is 23.7 Å². The van der Waals surface area contributed by atoms with Crippen molar-refractivity contribution < 1.29 is 0 Å². The molecule has 0 aromatic heterocycles. The van der Waals surface area contributed by atoms with Crippen molar-refractivity contribution in [3.63, 3.8) is 0 Å². The first-order chi connectivity index (χ1) is 8.03. The monoisotopic (exact) mass is 253 g/mol. The van der Waals surface area contributed by atoms with Gasteiger partial charge in [-0.3, -0.25) is 0 Å². The average Bonchev–Trinajstić information content (AvgIpc) is 2.13. The average molecular weight is 253 g/mol. The maximum Gasteiger partial charge on any atom is -0.0380 e. The van der Waals surface area contributed by atoms with Crippen LogP contribution in [-0.4, -0.2) is 0 Å². The summed E-state index contributed by atoms with van der Waals surface area (Å²) in [5.74, 6) is 3.79. The third-order valence-electron chi connectivity index (χ3n) is 4.23. The molecule has 18 heavy (non-hydrogen) atoms. The molecule has 0 rings (SSSR count). The Labute approximate surface area is 117 Å². The lowest BCUT2D eigenvalue weighted by molar-refractivity contribution is 0.212. The van der Waals surface area contributed by atoms with Gasteiger partial charge in [0.05, 0.1) is 0 Å². The first kappa shape index (κ1) is 18.0. The van der Waals surface area contributed by atoms with Crippen molar-refractivity contribution in [2.75, 3.05) is 0 Å². The van der Waals surface area contributed by atoms with Crippen LogP contribution in [0.5, 0.6) is 0 Å². The summed E-state index contributed by atoms with van der Waals surface area (Å²) in [7, 11) is 0. The molecule has 0 bridgehead atoms. The predicted octanol–water partition coefficient (Wildman–Crippen LogP) is 6.22. The van der Waals surface area contributed by atoms with Gasteiger partial charge in [-0.25, -0.2) is 0 Å². The first-order valence-corrected chi connectivity index (χ1v) is 7.86. The molecule has 0 fully saturated rings. The highest BCUT2D eigenvalue weighted by Gasteiger charge is 2.23. The minimum absolute atomic E-state index is 0.433. The topological polar surface area (TPSA) is 0 Å². The van der Waals surface area contributed by atoms with Crippen LogP contribution in [0.25, 0.3) is 0 Å². The molecule has 0 aliphatic rings. The summed E-state index contributed by atoms with van der Waals surface area (Å²) in [4.78, 5) is 0. The van der Waals surface area contributed by atoms with E-state index >= 15 is 0 Å². The van der Waals surface area contributed by atoms with E-state index in [1.54, 1.807) is 0 Å². The lowest BCUT2D eigenvalue weighted by atomic mass is 9.75. The summed E-state index contributed by atoms with van der Waals surface area (Å²) in [6.07, 6.45) is 3.92. The Morgan fingerprint density at radius 2 is 1.22 bits per heavy atom. The van der Waals surface area contributed by atoms with Gasteiger partial charge in [0.15, 0.2) is 0 Å². The molecular formula is C18H37. The molecular weight excluding hydrogens is 216 g/mol. The van der Waals surface area contributed by atoms with Crippen LogP contribution < -0.4 is 0 Å².